The van der Waals surface area contributed by atoms with Crippen LogP contribution in [-0.4, -0.2) is 46.3 Å². The fraction of sp³-hybridized carbons (Fsp3) is 0.304. The molecule has 0 aliphatic heterocycles. The highest BCUT2D eigenvalue weighted by Gasteiger charge is 2.56. The standard InChI is InChI=1S/C23H24N2O4/c24-9-12-29-13-23-16-7-3-1-5-14(16)18(15-6-2-4-8-17(15)23)19-20(23)22(28)25(10-11-26)21(19)27/h1-8,18,26-28H,9-13,24H2. The van der Waals surface area contributed by atoms with Gasteiger partial charge in [-0.1, -0.05) is 48.5 Å². The van der Waals surface area contributed by atoms with Crippen LogP contribution in [0.15, 0.2) is 48.5 Å². The third-order valence-corrected chi connectivity index (χ3v) is 6.33. The summed E-state index contributed by atoms with van der Waals surface area (Å²) in [4.78, 5) is 0. The third-order valence-electron chi connectivity index (χ3n) is 6.33. The Kier molecular flexibility index (Phi) is 4.17. The van der Waals surface area contributed by atoms with E-state index < -0.39 is 5.41 Å². The van der Waals surface area contributed by atoms with Gasteiger partial charge in [-0.2, -0.15) is 0 Å². The number of nitrogens with zero attached hydrogens (tertiary/aromatic N) is 1. The van der Waals surface area contributed by atoms with Crippen LogP contribution in [0.1, 0.15) is 39.3 Å². The highest BCUT2D eigenvalue weighted by molar-refractivity contribution is 5.76. The lowest BCUT2D eigenvalue weighted by Crippen LogP contribution is -2.45. The molecule has 1 heterocycles. The van der Waals surface area contributed by atoms with Crippen LogP contribution in [0.2, 0.25) is 0 Å². The number of ether oxygens (including phenoxy) is 1. The molecule has 0 atom stereocenters. The summed E-state index contributed by atoms with van der Waals surface area (Å²) in [6.07, 6.45) is 0. The molecule has 0 fully saturated rings. The number of hydrogen-bond acceptors (Lipinski definition) is 5. The first kappa shape index (κ1) is 18.2. The van der Waals surface area contributed by atoms with Gasteiger partial charge in [0.05, 0.1) is 31.8 Å². The summed E-state index contributed by atoms with van der Waals surface area (Å²) in [6.45, 7) is 1.03. The number of aliphatic hydroxyl groups excluding tert-OH is 1. The van der Waals surface area contributed by atoms with Gasteiger partial charge in [0.1, 0.15) is 0 Å². The Morgan fingerprint density at radius 3 is 2.17 bits per heavy atom. The average Bonchev–Trinajstić information content (AvgIpc) is 3.00. The summed E-state index contributed by atoms with van der Waals surface area (Å²) in [7, 11) is 0. The lowest BCUT2D eigenvalue weighted by Gasteiger charge is -2.48. The molecule has 0 spiro atoms. The van der Waals surface area contributed by atoms with E-state index in [1.807, 2.05) is 24.3 Å². The predicted octanol–water partition coefficient (Wildman–Crippen LogP) is 2.01. The number of rotatable bonds is 6. The maximum Gasteiger partial charge on any atom is 0.198 e. The van der Waals surface area contributed by atoms with E-state index in [2.05, 4.69) is 24.3 Å². The van der Waals surface area contributed by atoms with Crippen molar-refractivity contribution >= 4 is 0 Å². The Balaban J connectivity index is 1.88. The second-order valence-electron chi connectivity index (χ2n) is 7.67. The van der Waals surface area contributed by atoms with Crippen LogP contribution < -0.4 is 5.73 Å². The Morgan fingerprint density at radius 1 is 0.966 bits per heavy atom. The van der Waals surface area contributed by atoms with Gasteiger partial charge < -0.3 is 25.8 Å². The zero-order valence-corrected chi connectivity index (χ0v) is 16.0. The van der Waals surface area contributed by atoms with Crippen molar-refractivity contribution in [3.8, 4) is 11.8 Å². The summed E-state index contributed by atoms with van der Waals surface area (Å²) in [5.41, 5.74) is 10.6. The monoisotopic (exact) mass is 392 g/mol. The molecule has 3 aromatic rings. The van der Waals surface area contributed by atoms with Crippen LogP contribution in [-0.2, 0) is 16.7 Å². The molecule has 2 aromatic carbocycles. The van der Waals surface area contributed by atoms with Crippen LogP contribution >= 0.6 is 0 Å². The lowest BCUT2D eigenvalue weighted by molar-refractivity contribution is 0.110. The first-order valence-electron chi connectivity index (χ1n) is 9.89. The second-order valence-corrected chi connectivity index (χ2v) is 7.67. The SMILES string of the molecule is NCCOCC12c3ccccc3C(c3ccccc31)c1c2c(O)n(CCO)c1O. The van der Waals surface area contributed by atoms with E-state index in [4.69, 9.17) is 10.5 Å². The van der Waals surface area contributed by atoms with Crippen LogP contribution in [0.5, 0.6) is 11.8 Å². The average molecular weight is 392 g/mol. The van der Waals surface area contributed by atoms with Gasteiger partial charge in [0, 0.05) is 23.6 Å². The Labute approximate surface area is 168 Å². The molecule has 0 unspecified atom stereocenters. The minimum Gasteiger partial charge on any atom is -0.494 e. The van der Waals surface area contributed by atoms with Gasteiger partial charge in [-0.25, -0.2) is 0 Å². The topological polar surface area (TPSA) is 101 Å². The summed E-state index contributed by atoms with van der Waals surface area (Å²) < 4.78 is 7.40. The molecule has 150 valence electrons. The highest BCUT2D eigenvalue weighted by Crippen LogP contribution is 2.63. The minimum atomic E-state index is -0.755. The molecule has 6 heteroatoms. The van der Waals surface area contributed by atoms with Crippen molar-refractivity contribution in [3.63, 3.8) is 0 Å². The molecule has 3 aliphatic carbocycles. The normalized spacial score (nSPS) is 21.0. The molecular formula is C23H24N2O4. The molecule has 6 nitrogen and oxygen atoms in total. The molecule has 0 saturated heterocycles. The molecular weight excluding hydrogens is 368 g/mol. The maximum absolute atomic E-state index is 11.2. The smallest absolute Gasteiger partial charge is 0.198 e. The molecule has 0 saturated carbocycles. The predicted molar refractivity (Wildman–Crippen MR) is 108 cm³/mol. The summed E-state index contributed by atoms with van der Waals surface area (Å²) in [5, 5.41) is 31.8. The second kappa shape index (κ2) is 6.62. The number of hydrogen-bond donors (Lipinski definition) is 4. The van der Waals surface area contributed by atoms with Gasteiger partial charge >= 0.3 is 0 Å². The number of aromatic hydroxyl groups is 2. The van der Waals surface area contributed by atoms with E-state index in [9.17, 15) is 15.3 Å². The Bertz CT molecular complexity index is 1040. The number of aromatic nitrogens is 1. The number of aliphatic hydroxyl groups is 1. The number of nitrogens with two attached hydrogens (primary N) is 1. The van der Waals surface area contributed by atoms with Gasteiger partial charge in [0.25, 0.3) is 0 Å². The summed E-state index contributed by atoms with van der Waals surface area (Å²) in [6, 6.07) is 16.3. The fourth-order valence-corrected chi connectivity index (χ4v) is 5.32. The molecule has 0 amide bonds. The van der Waals surface area contributed by atoms with Gasteiger partial charge in [-0.05, 0) is 22.3 Å². The Morgan fingerprint density at radius 2 is 1.59 bits per heavy atom. The minimum absolute atomic E-state index is 0.00348. The van der Waals surface area contributed by atoms with Crippen LogP contribution in [0.25, 0.3) is 0 Å². The fourth-order valence-electron chi connectivity index (χ4n) is 5.32. The van der Waals surface area contributed by atoms with Gasteiger partial charge in [0.15, 0.2) is 11.8 Å². The van der Waals surface area contributed by atoms with E-state index >= 15 is 0 Å². The molecule has 3 aliphatic rings. The van der Waals surface area contributed by atoms with E-state index in [-0.39, 0.29) is 30.8 Å². The van der Waals surface area contributed by atoms with Gasteiger partial charge in [0.2, 0.25) is 0 Å². The molecule has 1 aromatic heterocycles. The summed E-state index contributed by atoms with van der Waals surface area (Å²) in [5.74, 6) is -0.194. The van der Waals surface area contributed by atoms with Gasteiger partial charge in [-0.3, -0.25) is 4.57 Å². The van der Waals surface area contributed by atoms with E-state index in [0.29, 0.717) is 30.9 Å². The zero-order valence-electron chi connectivity index (χ0n) is 16.0. The molecule has 0 radical (unpaired) electrons. The molecule has 6 rings (SSSR count). The van der Waals surface area contributed by atoms with E-state index in [1.54, 1.807) is 0 Å². The molecule has 2 bridgehead atoms. The van der Waals surface area contributed by atoms with Crippen molar-refractivity contribution < 1.29 is 20.1 Å². The van der Waals surface area contributed by atoms with Crippen molar-refractivity contribution in [2.45, 2.75) is 17.9 Å². The van der Waals surface area contributed by atoms with Crippen LogP contribution in [0.4, 0.5) is 0 Å². The zero-order chi connectivity index (χ0) is 20.2. The number of benzene rings is 2. The van der Waals surface area contributed by atoms with Crippen molar-refractivity contribution in [2.75, 3.05) is 26.4 Å². The van der Waals surface area contributed by atoms with Crippen LogP contribution in [0, 0.1) is 0 Å². The first-order valence-corrected chi connectivity index (χ1v) is 9.89. The Hall–Kier alpha value is -2.80. The third kappa shape index (κ3) is 2.22. The maximum atomic E-state index is 11.2. The van der Waals surface area contributed by atoms with E-state index in [0.717, 1.165) is 22.3 Å². The lowest BCUT2D eigenvalue weighted by atomic mass is 9.54. The van der Waals surface area contributed by atoms with Crippen molar-refractivity contribution in [1.29, 1.82) is 0 Å². The van der Waals surface area contributed by atoms with Crippen molar-refractivity contribution in [1.82, 2.24) is 4.57 Å². The van der Waals surface area contributed by atoms with Crippen LogP contribution in [0.3, 0.4) is 0 Å². The van der Waals surface area contributed by atoms with E-state index in [1.165, 1.54) is 4.57 Å². The van der Waals surface area contributed by atoms with Gasteiger partial charge in [-0.15, -0.1) is 0 Å². The quantitative estimate of drug-likeness (QED) is 0.481. The summed E-state index contributed by atoms with van der Waals surface area (Å²) >= 11 is 0. The molecule has 5 N–H and O–H groups in total. The molecule has 29 heavy (non-hydrogen) atoms. The highest BCUT2D eigenvalue weighted by atomic mass is 16.5. The first-order chi connectivity index (χ1) is 14.2. The van der Waals surface area contributed by atoms with Crippen molar-refractivity contribution in [2.24, 2.45) is 5.73 Å². The largest absolute Gasteiger partial charge is 0.494 e. The van der Waals surface area contributed by atoms with Crippen molar-refractivity contribution in [3.05, 3.63) is 81.9 Å².